The van der Waals surface area contributed by atoms with Crippen molar-refractivity contribution in [1.29, 1.82) is 0 Å². The van der Waals surface area contributed by atoms with Gasteiger partial charge in [-0.05, 0) is 42.2 Å². The molecule has 0 fully saturated rings. The van der Waals surface area contributed by atoms with Gasteiger partial charge in [-0.3, -0.25) is 4.18 Å². The molecular weight excluding hydrogens is 520 g/mol. The number of unbranched alkanes of at least 4 members (excludes halogenated alkanes) is 6. The Labute approximate surface area is 234 Å². The summed E-state index contributed by atoms with van der Waals surface area (Å²) in [6, 6.07) is 14.4. The number of rotatable bonds is 18. The van der Waals surface area contributed by atoms with Crippen molar-refractivity contribution in [2.75, 3.05) is 47.3 Å². The Kier molecular flexibility index (Phi) is 12.4. The molecule has 218 valence electrons. The molecule has 9 heteroatoms. The maximum Gasteiger partial charge on any atom is 0.264 e. The number of fused-ring (bicyclic) bond motifs is 1. The van der Waals surface area contributed by atoms with Crippen LogP contribution in [0.25, 0.3) is 0 Å². The van der Waals surface area contributed by atoms with Crippen molar-refractivity contribution in [3.05, 3.63) is 53.6 Å². The fourth-order valence-corrected chi connectivity index (χ4v) is 5.60. The molecule has 0 N–H and O–H groups in total. The van der Waals surface area contributed by atoms with Crippen molar-refractivity contribution in [2.24, 2.45) is 0 Å². The van der Waals surface area contributed by atoms with Gasteiger partial charge in [0.2, 0.25) is 0 Å². The average Bonchev–Trinajstić information content (AvgIpc) is 2.92. The summed E-state index contributed by atoms with van der Waals surface area (Å²) in [6.45, 7) is 3.56. The van der Waals surface area contributed by atoms with Crippen molar-refractivity contribution in [3.8, 4) is 17.2 Å². The number of ether oxygens (including phenoxy) is 5. The van der Waals surface area contributed by atoms with Gasteiger partial charge in [0.1, 0.15) is 17.2 Å². The summed E-state index contributed by atoms with van der Waals surface area (Å²) in [4.78, 5) is 0. The zero-order chi connectivity index (χ0) is 28.1. The molecule has 8 nitrogen and oxygen atoms in total. The van der Waals surface area contributed by atoms with Crippen molar-refractivity contribution in [2.45, 2.75) is 69.6 Å². The predicted octanol–water partition coefficient (Wildman–Crippen LogP) is 6.18. The smallest absolute Gasteiger partial charge is 0.264 e. The predicted molar refractivity (Wildman–Crippen MR) is 151 cm³/mol. The van der Waals surface area contributed by atoms with E-state index in [0.29, 0.717) is 6.61 Å². The number of benzene rings is 2. The van der Waals surface area contributed by atoms with Crippen LogP contribution in [0.2, 0.25) is 0 Å². The van der Waals surface area contributed by atoms with Gasteiger partial charge >= 0.3 is 0 Å². The van der Waals surface area contributed by atoms with E-state index in [-0.39, 0.29) is 31.5 Å². The summed E-state index contributed by atoms with van der Waals surface area (Å²) in [5.74, 6) is 2.68. The Morgan fingerprint density at radius 1 is 0.846 bits per heavy atom. The lowest BCUT2D eigenvalue weighted by molar-refractivity contribution is 0.0505. The molecular formula is C30H44O8S. The standard InChI is InChI=1S/C30H44O8S/c1-30(24-13-15-25(16-14-24)36-22-33-2)21-35-29-20-26(37-23-34-3)17-18-27(29)28(30)12-10-8-6-5-7-9-11-19-38-39(4,31)32/h13-18,20,28H,5-12,19,21-23H2,1-4H3/t28-,30-/m1/s1. The quantitative estimate of drug-likeness (QED) is 0.120. The molecule has 3 rings (SSSR count). The van der Waals surface area contributed by atoms with Crippen molar-refractivity contribution in [3.63, 3.8) is 0 Å². The van der Waals surface area contributed by atoms with Gasteiger partial charge in [0.25, 0.3) is 10.1 Å². The molecule has 0 saturated carbocycles. The van der Waals surface area contributed by atoms with Crippen LogP contribution < -0.4 is 14.2 Å². The molecule has 0 radical (unpaired) electrons. The zero-order valence-electron chi connectivity index (χ0n) is 23.8. The first kappa shape index (κ1) is 31.2. The lowest BCUT2D eigenvalue weighted by Crippen LogP contribution is -2.40. The highest BCUT2D eigenvalue weighted by Gasteiger charge is 2.42. The van der Waals surface area contributed by atoms with Gasteiger partial charge in [-0.15, -0.1) is 0 Å². The highest BCUT2D eigenvalue weighted by molar-refractivity contribution is 7.85. The zero-order valence-corrected chi connectivity index (χ0v) is 24.6. The largest absolute Gasteiger partial charge is 0.492 e. The molecule has 1 aliphatic rings. The minimum atomic E-state index is -3.34. The number of methoxy groups -OCH3 is 2. The van der Waals surface area contributed by atoms with E-state index in [0.717, 1.165) is 74.9 Å². The van der Waals surface area contributed by atoms with E-state index in [4.69, 9.17) is 27.9 Å². The molecule has 2 aromatic rings. The molecule has 0 bridgehead atoms. The lowest BCUT2D eigenvalue weighted by atomic mass is 9.66. The fraction of sp³-hybridized carbons (Fsp3) is 0.600. The van der Waals surface area contributed by atoms with Crippen LogP contribution in [0.3, 0.4) is 0 Å². The SMILES string of the molecule is COCOc1ccc([C@@]2(C)COc3cc(OCOC)ccc3[C@H]2CCCCCCCCCOS(C)(=O)=O)cc1. The van der Waals surface area contributed by atoms with Gasteiger partial charge in [-0.2, -0.15) is 8.42 Å². The second-order valence-corrected chi connectivity index (χ2v) is 12.0. The Balaban J connectivity index is 1.62. The Morgan fingerprint density at radius 2 is 1.44 bits per heavy atom. The van der Waals surface area contributed by atoms with E-state index in [9.17, 15) is 8.42 Å². The summed E-state index contributed by atoms with van der Waals surface area (Å²) in [6.07, 6.45) is 9.57. The topological polar surface area (TPSA) is 89.5 Å². The molecule has 2 aromatic carbocycles. The number of hydrogen-bond acceptors (Lipinski definition) is 8. The van der Waals surface area contributed by atoms with Crippen LogP contribution in [0, 0.1) is 0 Å². The lowest BCUT2D eigenvalue weighted by Gasteiger charge is -2.43. The van der Waals surface area contributed by atoms with Gasteiger partial charge < -0.3 is 23.7 Å². The van der Waals surface area contributed by atoms with Crippen molar-refractivity contribution in [1.82, 2.24) is 0 Å². The Bertz CT molecular complexity index is 1100. The van der Waals surface area contributed by atoms with Crippen LogP contribution in [0.4, 0.5) is 0 Å². The van der Waals surface area contributed by atoms with Crippen molar-refractivity contribution >= 4 is 10.1 Å². The first-order chi connectivity index (χ1) is 18.8. The summed E-state index contributed by atoms with van der Waals surface area (Å²) in [5.41, 5.74) is 2.24. The number of hydrogen-bond donors (Lipinski definition) is 0. The highest BCUT2D eigenvalue weighted by Crippen LogP contribution is 2.50. The van der Waals surface area contributed by atoms with E-state index in [1.54, 1.807) is 14.2 Å². The van der Waals surface area contributed by atoms with Crippen LogP contribution in [-0.4, -0.2) is 55.7 Å². The third-order valence-electron chi connectivity index (χ3n) is 7.29. The van der Waals surface area contributed by atoms with E-state index < -0.39 is 10.1 Å². The Hall–Kier alpha value is -2.33. The second kappa shape index (κ2) is 15.5. The summed E-state index contributed by atoms with van der Waals surface area (Å²) in [7, 11) is -0.119. The third-order valence-corrected chi connectivity index (χ3v) is 7.89. The molecule has 1 aliphatic heterocycles. The average molecular weight is 565 g/mol. The second-order valence-electron chi connectivity index (χ2n) is 10.4. The molecule has 0 aliphatic carbocycles. The normalized spacial score (nSPS) is 18.8. The van der Waals surface area contributed by atoms with Crippen LogP contribution in [-0.2, 0) is 29.2 Å². The molecule has 0 saturated heterocycles. The summed E-state index contributed by atoms with van der Waals surface area (Å²) in [5, 5.41) is 0. The van der Waals surface area contributed by atoms with Crippen LogP contribution in [0.1, 0.15) is 75.3 Å². The van der Waals surface area contributed by atoms with Crippen LogP contribution in [0.5, 0.6) is 17.2 Å². The van der Waals surface area contributed by atoms with E-state index in [1.165, 1.54) is 11.1 Å². The van der Waals surface area contributed by atoms with Crippen LogP contribution in [0.15, 0.2) is 42.5 Å². The molecule has 39 heavy (non-hydrogen) atoms. The molecule has 0 spiro atoms. The maximum absolute atomic E-state index is 11.0. The first-order valence-electron chi connectivity index (χ1n) is 13.7. The molecule has 0 aromatic heterocycles. The minimum absolute atomic E-state index is 0.193. The van der Waals surface area contributed by atoms with E-state index in [2.05, 4.69) is 25.1 Å². The van der Waals surface area contributed by atoms with Crippen molar-refractivity contribution < 1.29 is 36.3 Å². The Morgan fingerprint density at radius 3 is 2.08 bits per heavy atom. The summed E-state index contributed by atoms with van der Waals surface area (Å²) < 4.78 is 54.5. The van der Waals surface area contributed by atoms with Gasteiger partial charge in [0, 0.05) is 31.6 Å². The van der Waals surface area contributed by atoms with E-state index >= 15 is 0 Å². The third kappa shape index (κ3) is 9.67. The fourth-order valence-electron chi connectivity index (χ4n) is 5.18. The molecule has 0 unspecified atom stereocenters. The maximum atomic E-state index is 11.0. The first-order valence-corrected chi connectivity index (χ1v) is 15.5. The minimum Gasteiger partial charge on any atom is -0.492 e. The van der Waals surface area contributed by atoms with Crippen LogP contribution >= 0.6 is 0 Å². The van der Waals surface area contributed by atoms with Gasteiger partial charge in [0.05, 0.1) is 19.5 Å². The molecule has 1 heterocycles. The monoisotopic (exact) mass is 564 g/mol. The van der Waals surface area contributed by atoms with E-state index in [1.807, 2.05) is 24.3 Å². The summed E-state index contributed by atoms with van der Waals surface area (Å²) >= 11 is 0. The van der Waals surface area contributed by atoms with Gasteiger partial charge in [-0.1, -0.05) is 63.6 Å². The molecule has 2 atom stereocenters. The molecule has 0 amide bonds. The highest BCUT2D eigenvalue weighted by atomic mass is 32.2. The van der Waals surface area contributed by atoms with Gasteiger partial charge in [-0.25, -0.2) is 0 Å². The van der Waals surface area contributed by atoms with Gasteiger partial charge in [0.15, 0.2) is 13.6 Å².